The summed E-state index contributed by atoms with van der Waals surface area (Å²) in [6, 6.07) is 16.2. The highest BCUT2D eigenvalue weighted by molar-refractivity contribution is 5.80. The second kappa shape index (κ2) is 16.4. The predicted octanol–water partition coefficient (Wildman–Crippen LogP) is 4.15. The van der Waals surface area contributed by atoms with E-state index < -0.39 is 23.8 Å². The van der Waals surface area contributed by atoms with Gasteiger partial charge in [0, 0.05) is 44.6 Å². The Balaban J connectivity index is 0.000000838. The number of benzene rings is 2. The lowest BCUT2D eigenvalue weighted by Gasteiger charge is -2.35. The Kier molecular flexibility index (Phi) is 13.1. The summed E-state index contributed by atoms with van der Waals surface area (Å²) in [6.07, 6.45) is -4.31. The highest BCUT2D eigenvalue weighted by Gasteiger charge is 2.32. The molecule has 270 valence electrons. The smallest absolute Gasteiger partial charge is 0.430 e. The Bertz CT molecular complexity index is 1420. The Morgan fingerprint density at radius 3 is 1.86 bits per heavy atom. The van der Waals surface area contributed by atoms with Gasteiger partial charge in [0.1, 0.15) is 18.2 Å². The number of amides is 3. The molecule has 3 amide bonds. The van der Waals surface area contributed by atoms with Gasteiger partial charge in [0.2, 0.25) is 5.91 Å². The Labute approximate surface area is 285 Å². The van der Waals surface area contributed by atoms with Crippen LogP contribution in [0.2, 0.25) is 0 Å². The van der Waals surface area contributed by atoms with Gasteiger partial charge < -0.3 is 39.0 Å². The molecule has 2 aromatic rings. The summed E-state index contributed by atoms with van der Waals surface area (Å²) in [5, 5.41) is 11.7. The molecule has 1 atom stereocenters. The number of alkyl halides is 3. The maximum atomic E-state index is 13.2. The zero-order valence-corrected chi connectivity index (χ0v) is 29.0. The fourth-order valence-corrected chi connectivity index (χ4v) is 5.68. The molecule has 2 aromatic carbocycles. The van der Waals surface area contributed by atoms with E-state index >= 15 is 0 Å². The molecule has 4 rings (SSSR count). The van der Waals surface area contributed by atoms with Gasteiger partial charge in [-0.2, -0.15) is 13.2 Å². The quantitative estimate of drug-likeness (QED) is 0.392. The van der Waals surface area contributed by atoms with Crippen molar-refractivity contribution in [2.24, 2.45) is 0 Å². The van der Waals surface area contributed by atoms with Crippen LogP contribution in [-0.2, 0) is 19.1 Å². The van der Waals surface area contributed by atoms with E-state index in [4.69, 9.17) is 19.4 Å². The molecule has 14 heteroatoms. The normalized spacial score (nSPS) is 15.3. The molecule has 0 unspecified atom stereocenters. The molecule has 2 aliphatic rings. The first-order valence-electron chi connectivity index (χ1n) is 16.2. The molecule has 11 nitrogen and oxygen atoms in total. The van der Waals surface area contributed by atoms with Crippen LogP contribution in [0.1, 0.15) is 57.1 Å². The maximum absolute atomic E-state index is 13.2. The van der Waals surface area contributed by atoms with Gasteiger partial charge in [0.05, 0.1) is 27.7 Å². The van der Waals surface area contributed by atoms with Crippen LogP contribution in [0, 0.1) is 0 Å². The first kappa shape index (κ1) is 39.1. The third-order valence-electron chi connectivity index (χ3n) is 7.98. The summed E-state index contributed by atoms with van der Waals surface area (Å²) in [4.78, 5) is 51.0. The third-order valence-corrected chi connectivity index (χ3v) is 7.98. The topological polar surface area (TPSA) is 128 Å². The van der Waals surface area contributed by atoms with E-state index in [1.807, 2.05) is 45.0 Å². The number of aliphatic carboxylic acids is 1. The van der Waals surface area contributed by atoms with Gasteiger partial charge in [-0.25, -0.2) is 9.59 Å². The van der Waals surface area contributed by atoms with Gasteiger partial charge in [0.25, 0.3) is 0 Å². The summed E-state index contributed by atoms with van der Waals surface area (Å²) >= 11 is 0. The van der Waals surface area contributed by atoms with Crippen LogP contribution in [-0.4, -0.2) is 117 Å². The number of carbonyl (C=O) groups excluding carboxylic acids is 4. The second-order valence-electron chi connectivity index (χ2n) is 14.2. The van der Waals surface area contributed by atoms with Crippen LogP contribution in [0.15, 0.2) is 48.5 Å². The van der Waals surface area contributed by atoms with E-state index in [1.54, 1.807) is 9.80 Å². The van der Waals surface area contributed by atoms with Crippen molar-refractivity contribution in [3.8, 4) is 11.1 Å². The summed E-state index contributed by atoms with van der Waals surface area (Å²) in [5.74, 6) is -3.03. The van der Waals surface area contributed by atoms with E-state index in [-0.39, 0.29) is 37.0 Å². The summed E-state index contributed by atoms with van der Waals surface area (Å²) in [6.45, 7) is 8.35. The number of rotatable bonds is 9. The van der Waals surface area contributed by atoms with Crippen LogP contribution < -0.4 is 10.4 Å². The van der Waals surface area contributed by atoms with Gasteiger partial charge in [0.15, 0.2) is 0 Å². The molecular formula is C35H47F3N4O7. The lowest BCUT2D eigenvalue weighted by Crippen LogP contribution is -2.52. The minimum absolute atomic E-state index is 0.00991. The number of ether oxygens (including phenoxy) is 2. The molecule has 0 bridgehead atoms. The van der Waals surface area contributed by atoms with E-state index in [0.717, 1.165) is 17.4 Å². The molecule has 1 heterocycles. The molecule has 1 N–H and O–H groups in total. The zero-order chi connectivity index (χ0) is 36.6. The first-order valence-corrected chi connectivity index (χ1v) is 16.2. The highest BCUT2D eigenvalue weighted by atomic mass is 19.4. The number of halogens is 3. The molecular weight excluding hydrogens is 645 g/mol. The standard InChI is InChI=1S/C33H46N4O5.C2HF3O2/c1-33(2,3)42-31(39)34-24(12-11-21-37(4,5)6)22-30(38)35-17-19-36(20-18-35)32(40)41-23-29-27-15-9-7-13-25(27)26-14-8-10-16-28(26)29;3-2(4,5)1(6)7/h7-10,13-16,24,29H,11-12,17-23H2,1-6H3;(H,6,7)/t24-;/m0./s1. The van der Waals surface area contributed by atoms with Crippen molar-refractivity contribution in [2.45, 2.75) is 63.8 Å². The molecule has 0 saturated carbocycles. The predicted molar refractivity (Wildman–Crippen MR) is 174 cm³/mol. The zero-order valence-electron chi connectivity index (χ0n) is 29.0. The number of piperazine rings is 1. The number of hydrogen-bond acceptors (Lipinski definition) is 7. The molecule has 0 spiro atoms. The van der Waals surface area contributed by atoms with Gasteiger partial charge in [-0.1, -0.05) is 48.5 Å². The minimum Gasteiger partial charge on any atom is -0.542 e. The monoisotopic (exact) mass is 692 g/mol. The Morgan fingerprint density at radius 1 is 0.898 bits per heavy atom. The minimum atomic E-state index is -5.19. The lowest BCUT2D eigenvalue weighted by atomic mass is 9.98. The van der Waals surface area contributed by atoms with Crippen LogP contribution in [0.5, 0.6) is 0 Å². The largest absolute Gasteiger partial charge is 0.542 e. The van der Waals surface area contributed by atoms with Crippen molar-refractivity contribution in [2.75, 3.05) is 60.5 Å². The van der Waals surface area contributed by atoms with Crippen molar-refractivity contribution < 1.29 is 51.4 Å². The number of alkyl carbamates (subject to hydrolysis) is 1. The van der Waals surface area contributed by atoms with Crippen molar-refractivity contribution in [3.05, 3.63) is 59.7 Å². The Hall–Kier alpha value is -4.33. The first-order chi connectivity index (χ1) is 22.7. The summed E-state index contributed by atoms with van der Waals surface area (Å²) in [7, 11) is 6.37. The molecule has 49 heavy (non-hydrogen) atoms. The van der Waals surface area contributed by atoms with Crippen LogP contribution >= 0.6 is 0 Å². The number of nitrogens with one attached hydrogen (secondary N) is 1. The second-order valence-corrected chi connectivity index (χ2v) is 14.2. The van der Waals surface area contributed by atoms with Crippen molar-refractivity contribution in [3.63, 3.8) is 0 Å². The van der Waals surface area contributed by atoms with Crippen molar-refractivity contribution >= 4 is 24.1 Å². The van der Waals surface area contributed by atoms with Gasteiger partial charge in [-0.05, 0) is 55.9 Å². The number of hydrogen-bond donors (Lipinski definition) is 1. The molecule has 1 fully saturated rings. The molecule has 0 radical (unpaired) electrons. The average Bonchev–Trinajstić information content (AvgIpc) is 3.31. The van der Waals surface area contributed by atoms with Crippen molar-refractivity contribution in [1.82, 2.24) is 15.1 Å². The summed E-state index contributed by atoms with van der Waals surface area (Å²) in [5.41, 5.74) is 4.13. The highest BCUT2D eigenvalue weighted by Crippen LogP contribution is 2.44. The number of nitrogens with zero attached hydrogens (tertiary/aromatic N) is 3. The van der Waals surface area contributed by atoms with E-state index in [2.05, 4.69) is 50.7 Å². The number of fused-ring (bicyclic) bond motifs is 3. The SMILES string of the molecule is CC(C)(C)OC(=O)N[C@@H](CCC[N+](C)(C)C)CC(=O)N1CCN(C(=O)OCC2c3ccccc3-c3ccccc32)CC1.O=C([O-])C(F)(F)F. The fourth-order valence-electron chi connectivity index (χ4n) is 5.68. The third kappa shape index (κ3) is 12.3. The van der Waals surface area contributed by atoms with E-state index in [9.17, 15) is 27.6 Å². The van der Waals surface area contributed by atoms with Crippen LogP contribution in [0.25, 0.3) is 11.1 Å². The molecule has 0 aromatic heterocycles. The Morgan fingerprint density at radius 2 is 1.39 bits per heavy atom. The summed E-state index contributed by atoms with van der Waals surface area (Å²) < 4.78 is 43.6. The van der Waals surface area contributed by atoms with Gasteiger partial charge >= 0.3 is 18.4 Å². The molecule has 1 saturated heterocycles. The number of quaternary nitrogens is 1. The molecule has 1 aliphatic heterocycles. The van der Waals surface area contributed by atoms with Gasteiger partial charge in [-0.3, -0.25) is 4.79 Å². The number of carboxylic acids is 1. The van der Waals surface area contributed by atoms with Crippen LogP contribution in [0.3, 0.4) is 0 Å². The number of carboxylic acid groups (broad SMARTS) is 1. The van der Waals surface area contributed by atoms with Crippen molar-refractivity contribution in [1.29, 1.82) is 0 Å². The van der Waals surface area contributed by atoms with Gasteiger partial charge in [-0.15, -0.1) is 0 Å². The van der Waals surface area contributed by atoms with Crippen LogP contribution in [0.4, 0.5) is 22.8 Å². The lowest BCUT2D eigenvalue weighted by molar-refractivity contribution is -0.870. The number of carbonyl (C=O) groups is 4. The molecule has 1 aliphatic carbocycles. The fraction of sp³-hybridized carbons (Fsp3) is 0.543. The average molecular weight is 693 g/mol. The van der Waals surface area contributed by atoms with E-state index in [1.165, 1.54) is 22.3 Å². The van der Waals surface area contributed by atoms with E-state index in [0.29, 0.717) is 32.6 Å². The maximum Gasteiger partial charge on any atom is 0.430 e.